The topological polar surface area (TPSA) is 79.3 Å². The highest BCUT2D eigenvalue weighted by Gasteiger charge is 2.58. The number of aromatic nitrogens is 1. The van der Waals surface area contributed by atoms with E-state index >= 15 is 0 Å². The first-order valence-corrected chi connectivity index (χ1v) is 7.11. The van der Waals surface area contributed by atoms with E-state index in [4.69, 9.17) is 0 Å². The van der Waals surface area contributed by atoms with Crippen LogP contribution >= 0.6 is 11.3 Å². The van der Waals surface area contributed by atoms with Crippen LogP contribution in [0.4, 0.5) is 5.13 Å². The lowest BCUT2D eigenvalue weighted by Crippen LogP contribution is -2.43. The van der Waals surface area contributed by atoms with Crippen LogP contribution in [0.2, 0.25) is 0 Å². The first-order chi connectivity index (χ1) is 8.79. The number of hydrogen-bond donors (Lipinski definition) is 2. The van der Waals surface area contributed by atoms with Crippen molar-refractivity contribution in [1.82, 2.24) is 4.98 Å². The summed E-state index contributed by atoms with van der Waals surface area (Å²) >= 11 is 1.36. The molecule has 0 bridgehead atoms. The fraction of sp³-hybridized carbons (Fsp3) is 0.615. The SMILES string of the molecule is CC1(C)[C@@H](C(=O)Nc2nccs2)CC[C@@]1(C)C(=O)O. The zero-order valence-electron chi connectivity index (χ0n) is 11.3. The maximum atomic E-state index is 12.3. The molecule has 5 nitrogen and oxygen atoms in total. The highest BCUT2D eigenvalue weighted by Crippen LogP contribution is 2.56. The van der Waals surface area contributed by atoms with E-state index in [1.165, 1.54) is 11.3 Å². The van der Waals surface area contributed by atoms with Gasteiger partial charge in [0.25, 0.3) is 0 Å². The Balaban J connectivity index is 2.18. The maximum Gasteiger partial charge on any atom is 0.309 e. The minimum Gasteiger partial charge on any atom is -0.481 e. The van der Waals surface area contributed by atoms with E-state index in [-0.39, 0.29) is 11.8 Å². The molecule has 1 amide bonds. The van der Waals surface area contributed by atoms with Crippen molar-refractivity contribution in [2.24, 2.45) is 16.7 Å². The largest absolute Gasteiger partial charge is 0.481 e. The lowest BCUT2D eigenvalue weighted by molar-refractivity contribution is -0.154. The van der Waals surface area contributed by atoms with Gasteiger partial charge >= 0.3 is 5.97 Å². The first-order valence-electron chi connectivity index (χ1n) is 6.23. The highest BCUT2D eigenvalue weighted by molar-refractivity contribution is 7.13. The van der Waals surface area contributed by atoms with Crippen molar-refractivity contribution < 1.29 is 14.7 Å². The van der Waals surface area contributed by atoms with Gasteiger partial charge in [-0.05, 0) is 25.2 Å². The van der Waals surface area contributed by atoms with Crippen LogP contribution < -0.4 is 5.32 Å². The number of nitrogens with one attached hydrogen (secondary N) is 1. The molecule has 104 valence electrons. The average molecular weight is 282 g/mol. The zero-order chi connectivity index (χ0) is 14.3. The third-order valence-electron chi connectivity index (χ3n) is 4.68. The van der Waals surface area contributed by atoms with Crippen molar-refractivity contribution in [3.05, 3.63) is 11.6 Å². The number of carbonyl (C=O) groups is 2. The molecule has 1 aromatic heterocycles. The number of rotatable bonds is 3. The second-order valence-corrected chi connectivity index (χ2v) is 6.67. The number of carboxylic acids is 1. The van der Waals surface area contributed by atoms with Crippen molar-refractivity contribution >= 4 is 28.3 Å². The summed E-state index contributed by atoms with van der Waals surface area (Å²) in [5.74, 6) is -1.27. The Morgan fingerprint density at radius 1 is 1.47 bits per heavy atom. The molecule has 1 saturated carbocycles. The predicted molar refractivity (Wildman–Crippen MR) is 73.0 cm³/mol. The molecular formula is C13H18N2O3S. The number of carboxylic acid groups (broad SMARTS) is 1. The number of nitrogens with zero attached hydrogens (tertiary/aromatic N) is 1. The molecule has 2 atom stereocenters. The molecule has 0 saturated heterocycles. The summed E-state index contributed by atoms with van der Waals surface area (Å²) in [5, 5.41) is 14.5. The average Bonchev–Trinajstić information content (AvgIpc) is 2.87. The molecule has 1 fully saturated rings. The van der Waals surface area contributed by atoms with Crippen molar-refractivity contribution in [2.75, 3.05) is 5.32 Å². The predicted octanol–water partition coefficient (Wildman–Crippen LogP) is 2.61. The number of anilines is 1. The molecule has 0 spiro atoms. The standard InChI is InChI=1S/C13H18N2O3S/c1-12(2)8(4-5-13(12,3)10(17)18)9(16)15-11-14-6-7-19-11/h6-8H,4-5H2,1-3H3,(H,17,18)(H,14,15,16)/t8-,13+/m1/s1. The molecule has 0 radical (unpaired) electrons. The fourth-order valence-electron chi connectivity index (χ4n) is 2.82. The number of aliphatic carboxylic acids is 1. The third kappa shape index (κ3) is 2.14. The Kier molecular flexibility index (Phi) is 3.38. The van der Waals surface area contributed by atoms with Crippen LogP contribution in [-0.4, -0.2) is 22.0 Å². The molecule has 19 heavy (non-hydrogen) atoms. The molecule has 0 aliphatic heterocycles. The highest BCUT2D eigenvalue weighted by atomic mass is 32.1. The van der Waals surface area contributed by atoms with E-state index in [0.717, 1.165) is 0 Å². The van der Waals surface area contributed by atoms with E-state index < -0.39 is 16.8 Å². The molecule has 1 aliphatic carbocycles. The summed E-state index contributed by atoms with van der Waals surface area (Å²) in [6, 6.07) is 0. The smallest absolute Gasteiger partial charge is 0.309 e. The van der Waals surface area contributed by atoms with Crippen molar-refractivity contribution in [3.63, 3.8) is 0 Å². The van der Waals surface area contributed by atoms with Crippen molar-refractivity contribution in [2.45, 2.75) is 33.6 Å². The van der Waals surface area contributed by atoms with Gasteiger partial charge in [-0.1, -0.05) is 13.8 Å². The van der Waals surface area contributed by atoms with Gasteiger partial charge in [0.05, 0.1) is 5.41 Å². The molecular weight excluding hydrogens is 264 g/mol. The van der Waals surface area contributed by atoms with Crippen LogP contribution in [0.1, 0.15) is 33.6 Å². The van der Waals surface area contributed by atoms with E-state index in [0.29, 0.717) is 18.0 Å². The Morgan fingerprint density at radius 2 is 2.16 bits per heavy atom. The number of thiazole rings is 1. The summed E-state index contributed by atoms with van der Waals surface area (Å²) < 4.78 is 0. The van der Waals surface area contributed by atoms with E-state index in [1.54, 1.807) is 18.5 Å². The lowest BCUT2D eigenvalue weighted by atomic mass is 9.65. The van der Waals surface area contributed by atoms with Crippen LogP contribution in [0.3, 0.4) is 0 Å². The molecule has 0 aromatic carbocycles. The van der Waals surface area contributed by atoms with E-state index in [9.17, 15) is 14.7 Å². The van der Waals surface area contributed by atoms with Crippen LogP contribution in [0.25, 0.3) is 0 Å². The van der Waals surface area contributed by atoms with Gasteiger partial charge in [0.2, 0.25) is 5.91 Å². The fourth-order valence-corrected chi connectivity index (χ4v) is 3.35. The number of hydrogen-bond acceptors (Lipinski definition) is 4. The van der Waals surface area contributed by atoms with Crippen molar-refractivity contribution in [3.8, 4) is 0 Å². The number of carbonyl (C=O) groups excluding carboxylic acids is 1. The van der Waals surface area contributed by atoms with Gasteiger partial charge in [0.1, 0.15) is 0 Å². The summed E-state index contributed by atoms with van der Waals surface area (Å²) in [5.41, 5.74) is -1.45. The normalized spacial score (nSPS) is 29.1. The summed E-state index contributed by atoms with van der Waals surface area (Å²) in [4.78, 5) is 27.8. The molecule has 2 N–H and O–H groups in total. The zero-order valence-corrected chi connectivity index (χ0v) is 12.1. The lowest BCUT2D eigenvalue weighted by Gasteiger charge is -2.37. The summed E-state index contributed by atoms with van der Waals surface area (Å²) in [6.45, 7) is 5.45. The maximum absolute atomic E-state index is 12.3. The van der Waals surface area contributed by atoms with Gasteiger partial charge in [0.15, 0.2) is 5.13 Å². The van der Waals surface area contributed by atoms with Crippen LogP contribution in [0, 0.1) is 16.7 Å². The van der Waals surface area contributed by atoms with Crippen LogP contribution in [0.15, 0.2) is 11.6 Å². The minimum absolute atomic E-state index is 0.134. The second kappa shape index (κ2) is 4.59. The molecule has 1 aromatic rings. The number of amides is 1. The van der Waals surface area contributed by atoms with E-state index in [1.807, 2.05) is 13.8 Å². The van der Waals surface area contributed by atoms with Gasteiger partial charge in [0, 0.05) is 17.5 Å². The van der Waals surface area contributed by atoms with Gasteiger partial charge in [-0.15, -0.1) is 11.3 Å². The van der Waals surface area contributed by atoms with Crippen LogP contribution in [0.5, 0.6) is 0 Å². The van der Waals surface area contributed by atoms with E-state index in [2.05, 4.69) is 10.3 Å². The van der Waals surface area contributed by atoms with Gasteiger partial charge in [-0.3, -0.25) is 9.59 Å². The second-order valence-electron chi connectivity index (χ2n) is 5.78. The monoisotopic (exact) mass is 282 g/mol. The molecule has 0 unspecified atom stereocenters. The first kappa shape index (κ1) is 14.0. The molecule has 1 aliphatic rings. The Labute approximate surface area is 116 Å². The van der Waals surface area contributed by atoms with Gasteiger partial charge in [-0.2, -0.15) is 0 Å². The Hall–Kier alpha value is -1.43. The molecule has 1 heterocycles. The Morgan fingerprint density at radius 3 is 2.63 bits per heavy atom. The third-order valence-corrected chi connectivity index (χ3v) is 5.37. The molecule has 2 rings (SSSR count). The van der Waals surface area contributed by atoms with Crippen LogP contribution in [-0.2, 0) is 9.59 Å². The Bertz CT molecular complexity index is 498. The van der Waals surface area contributed by atoms with Crippen molar-refractivity contribution in [1.29, 1.82) is 0 Å². The minimum atomic E-state index is -0.863. The van der Waals surface area contributed by atoms with Gasteiger partial charge < -0.3 is 10.4 Å². The summed E-state index contributed by atoms with van der Waals surface area (Å²) in [6.07, 6.45) is 2.74. The molecule has 6 heteroatoms. The van der Waals surface area contributed by atoms with Gasteiger partial charge in [-0.25, -0.2) is 4.98 Å². The quantitative estimate of drug-likeness (QED) is 0.893. The summed E-state index contributed by atoms with van der Waals surface area (Å²) in [7, 11) is 0.